The van der Waals surface area contributed by atoms with Crippen LogP contribution in [0.5, 0.6) is 0 Å². The second-order valence-corrected chi connectivity index (χ2v) is 5.91. The molecular weight excluding hydrogens is 260 g/mol. The molecule has 0 radical (unpaired) electrons. The van der Waals surface area contributed by atoms with Crippen molar-refractivity contribution in [2.24, 2.45) is 0 Å². The smallest absolute Gasteiger partial charge is 0.173 e. The van der Waals surface area contributed by atoms with Crippen molar-refractivity contribution in [3.63, 3.8) is 0 Å². The van der Waals surface area contributed by atoms with Crippen LogP contribution < -0.4 is 5.22 Å². The molecule has 21 heavy (non-hydrogen) atoms. The molecule has 2 nitrogen and oxygen atoms in total. The molecule has 4 rings (SSSR count). The summed E-state index contributed by atoms with van der Waals surface area (Å²) in [7, 11) is 0. The van der Waals surface area contributed by atoms with Crippen LogP contribution in [-0.2, 0) is 15.0 Å². The normalized spacial score (nSPS) is 20.8. The van der Waals surface area contributed by atoms with Gasteiger partial charge in [-0.1, -0.05) is 36.4 Å². The van der Waals surface area contributed by atoms with E-state index in [-0.39, 0.29) is 11.6 Å². The Morgan fingerprint density at radius 3 is 2.43 bits per heavy atom. The van der Waals surface area contributed by atoms with Crippen molar-refractivity contribution >= 4 is 39.2 Å². The van der Waals surface area contributed by atoms with Gasteiger partial charge in [0.05, 0.1) is 0 Å². The van der Waals surface area contributed by atoms with Crippen LogP contribution in [0, 0.1) is 0 Å². The van der Waals surface area contributed by atoms with Crippen LogP contribution in [0.15, 0.2) is 42.5 Å². The fourth-order valence-corrected chi connectivity index (χ4v) is 3.43. The van der Waals surface area contributed by atoms with Crippen LogP contribution >= 0.6 is 0 Å². The number of carbonyl (C=O) groups excluding carboxylic acids is 2. The molecule has 3 aromatic carbocycles. The van der Waals surface area contributed by atoms with E-state index in [1.54, 1.807) is 13.0 Å². The van der Waals surface area contributed by atoms with E-state index in [4.69, 9.17) is 0 Å². The van der Waals surface area contributed by atoms with Crippen LogP contribution in [0.2, 0.25) is 0 Å². The molecule has 0 N–H and O–H groups in total. The van der Waals surface area contributed by atoms with Crippen LogP contribution in [0.3, 0.4) is 0 Å². The number of benzene rings is 3. The first-order valence-electron chi connectivity index (χ1n) is 7.05. The third kappa shape index (κ3) is 1.37. The molecule has 0 fully saturated rings. The van der Waals surface area contributed by atoms with Gasteiger partial charge in [-0.2, -0.15) is 0 Å². The Morgan fingerprint density at radius 1 is 1.05 bits per heavy atom. The fourth-order valence-electron chi connectivity index (χ4n) is 3.43. The van der Waals surface area contributed by atoms with E-state index in [0.29, 0.717) is 0 Å². The minimum Gasteiger partial charge on any atom is -0.299 e. The number of ketones is 2. The summed E-state index contributed by atoms with van der Waals surface area (Å²) >= 11 is 0. The van der Waals surface area contributed by atoms with Crippen LogP contribution in [0.25, 0.3) is 27.6 Å². The largest absolute Gasteiger partial charge is 0.299 e. The highest BCUT2D eigenvalue weighted by Crippen LogP contribution is 2.34. The number of hydrogen-bond acceptors (Lipinski definition) is 2. The van der Waals surface area contributed by atoms with Crippen molar-refractivity contribution < 1.29 is 9.59 Å². The Hall–Kier alpha value is -2.48. The Kier molecular flexibility index (Phi) is 2.22. The van der Waals surface area contributed by atoms with E-state index in [2.05, 4.69) is 12.1 Å². The lowest BCUT2D eigenvalue weighted by molar-refractivity contribution is -0.129. The molecule has 1 unspecified atom stereocenters. The predicted octanol–water partition coefficient (Wildman–Crippen LogP) is 2.92. The summed E-state index contributed by atoms with van der Waals surface area (Å²) in [6.45, 7) is 3.23. The highest BCUT2D eigenvalue weighted by Gasteiger charge is 2.43. The maximum Gasteiger partial charge on any atom is 0.173 e. The molecule has 1 aliphatic rings. The minimum absolute atomic E-state index is 0.100. The molecule has 0 amide bonds. The van der Waals surface area contributed by atoms with Crippen molar-refractivity contribution in [2.75, 3.05) is 0 Å². The zero-order valence-electron chi connectivity index (χ0n) is 11.9. The van der Waals surface area contributed by atoms with Gasteiger partial charge in [-0.15, -0.1) is 0 Å². The van der Waals surface area contributed by atoms with Crippen molar-refractivity contribution in [3.05, 3.63) is 53.2 Å². The van der Waals surface area contributed by atoms with Gasteiger partial charge in [0.25, 0.3) is 0 Å². The fraction of sp³-hybridized carbons (Fsp3) is 0.158. The Labute approximate surface area is 122 Å². The Bertz CT molecular complexity index is 992. The quantitative estimate of drug-likeness (QED) is 0.639. The van der Waals surface area contributed by atoms with E-state index in [0.717, 1.165) is 32.3 Å². The summed E-state index contributed by atoms with van der Waals surface area (Å²) in [4.78, 5) is 24.5. The Morgan fingerprint density at radius 2 is 1.71 bits per heavy atom. The van der Waals surface area contributed by atoms with Gasteiger partial charge >= 0.3 is 0 Å². The molecule has 1 aliphatic carbocycles. The van der Waals surface area contributed by atoms with Crippen molar-refractivity contribution in [1.82, 2.24) is 0 Å². The summed E-state index contributed by atoms with van der Waals surface area (Å²) in [6, 6.07) is 14.2. The van der Waals surface area contributed by atoms with Crippen LogP contribution in [0.1, 0.15) is 19.4 Å². The van der Waals surface area contributed by atoms with E-state index < -0.39 is 5.41 Å². The first-order valence-corrected chi connectivity index (χ1v) is 7.05. The van der Waals surface area contributed by atoms with E-state index in [9.17, 15) is 9.59 Å². The molecule has 0 heterocycles. The topological polar surface area (TPSA) is 34.1 Å². The lowest BCUT2D eigenvalue weighted by Gasteiger charge is -2.21. The standard InChI is InChI=1S/C19H14O2/c1-11(20)19(2)16-9-13-7-3-5-12-6-4-8-14(18(12)13)15(16)10-17(19)21/h3-10H,1-2H3. The summed E-state index contributed by atoms with van der Waals surface area (Å²) in [5, 5.41) is 5.36. The molecule has 1 atom stereocenters. The molecule has 2 heteroatoms. The molecule has 0 aliphatic heterocycles. The molecule has 0 aromatic heterocycles. The van der Waals surface area contributed by atoms with Gasteiger partial charge in [0.2, 0.25) is 0 Å². The van der Waals surface area contributed by atoms with Crippen LogP contribution in [-0.4, -0.2) is 11.6 Å². The predicted molar refractivity (Wildman–Crippen MR) is 84.2 cm³/mol. The highest BCUT2D eigenvalue weighted by atomic mass is 16.2. The van der Waals surface area contributed by atoms with Crippen molar-refractivity contribution in [2.45, 2.75) is 19.3 Å². The first kappa shape index (κ1) is 12.3. The zero-order valence-corrected chi connectivity index (χ0v) is 11.9. The zero-order chi connectivity index (χ0) is 14.8. The lowest BCUT2D eigenvalue weighted by Crippen LogP contribution is -2.37. The van der Waals surface area contributed by atoms with Gasteiger partial charge in [0, 0.05) is 0 Å². The summed E-state index contributed by atoms with van der Waals surface area (Å²) in [5.41, 5.74) is -0.198. The average Bonchev–Trinajstić information content (AvgIpc) is 2.74. The third-order valence-electron chi connectivity index (χ3n) is 4.83. The van der Waals surface area contributed by atoms with E-state index >= 15 is 0 Å². The number of rotatable bonds is 1. The maximum atomic E-state index is 12.4. The van der Waals surface area contributed by atoms with Gasteiger partial charge in [0.15, 0.2) is 5.78 Å². The van der Waals surface area contributed by atoms with Gasteiger partial charge in [-0.3, -0.25) is 9.59 Å². The van der Waals surface area contributed by atoms with Gasteiger partial charge in [0.1, 0.15) is 11.2 Å². The number of fused-ring (bicyclic) bond motifs is 2. The molecule has 0 saturated heterocycles. The molecule has 3 aromatic rings. The Balaban J connectivity index is 2.28. The van der Waals surface area contributed by atoms with Crippen molar-refractivity contribution in [3.8, 4) is 0 Å². The molecular formula is C19H14O2. The van der Waals surface area contributed by atoms with Gasteiger partial charge in [-0.25, -0.2) is 0 Å². The maximum absolute atomic E-state index is 12.4. The number of carbonyl (C=O) groups is 2. The van der Waals surface area contributed by atoms with Gasteiger partial charge < -0.3 is 0 Å². The average molecular weight is 274 g/mol. The SMILES string of the molecule is CC(=O)C1(C)C(=O)C=c2c1cc1cccc3cccc2c31. The lowest BCUT2D eigenvalue weighted by atomic mass is 9.78. The highest BCUT2D eigenvalue weighted by molar-refractivity contribution is 6.28. The second kappa shape index (κ2) is 3.79. The molecule has 0 spiro atoms. The van der Waals surface area contributed by atoms with E-state index in [1.807, 2.05) is 30.3 Å². The second-order valence-electron chi connectivity index (χ2n) is 5.91. The number of Topliss-reactive ketones (excluding diaryl/α,β-unsaturated/α-hetero) is 2. The summed E-state index contributed by atoms with van der Waals surface area (Å²) in [6.07, 6.45) is 1.64. The molecule has 0 saturated carbocycles. The van der Waals surface area contributed by atoms with E-state index in [1.165, 1.54) is 6.92 Å². The van der Waals surface area contributed by atoms with Crippen LogP contribution in [0.4, 0.5) is 0 Å². The van der Waals surface area contributed by atoms with Gasteiger partial charge in [-0.05, 0) is 58.3 Å². The van der Waals surface area contributed by atoms with Crippen molar-refractivity contribution in [1.29, 1.82) is 0 Å². The number of hydrogen-bond donors (Lipinski definition) is 0. The summed E-state index contributed by atoms with van der Waals surface area (Å²) < 4.78 is 0. The minimum atomic E-state index is -1.04. The molecule has 102 valence electrons. The monoisotopic (exact) mass is 274 g/mol. The first-order chi connectivity index (χ1) is 10.0. The summed E-state index contributed by atoms with van der Waals surface area (Å²) in [5.74, 6) is -0.211. The molecule has 0 bridgehead atoms. The third-order valence-corrected chi connectivity index (χ3v) is 4.83.